The summed E-state index contributed by atoms with van der Waals surface area (Å²) in [7, 11) is 1.62. The first-order valence-corrected chi connectivity index (χ1v) is 8.93. The fourth-order valence-electron chi connectivity index (χ4n) is 3.69. The Bertz CT molecular complexity index is 615. The zero-order valence-corrected chi connectivity index (χ0v) is 15.2. The van der Waals surface area contributed by atoms with Gasteiger partial charge in [-0.05, 0) is 19.4 Å². The SMILES string of the molecule is COc1ccc(C)cc1CC(=O)N1CC[C@@](O)(CN2CCOCC2)C1. The smallest absolute Gasteiger partial charge is 0.227 e. The van der Waals surface area contributed by atoms with Gasteiger partial charge in [0.2, 0.25) is 5.91 Å². The highest BCUT2D eigenvalue weighted by molar-refractivity contribution is 5.80. The predicted molar refractivity (Wildman–Crippen MR) is 94.8 cm³/mol. The fraction of sp³-hybridized carbons (Fsp3) is 0.632. The van der Waals surface area contributed by atoms with Crippen LogP contribution in [0.25, 0.3) is 0 Å². The Morgan fingerprint density at radius 3 is 2.80 bits per heavy atom. The summed E-state index contributed by atoms with van der Waals surface area (Å²) in [5.41, 5.74) is 1.19. The molecular formula is C19H28N2O4. The lowest BCUT2D eigenvalue weighted by molar-refractivity contribution is -0.130. The summed E-state index contributed by atoms with van der Waals surface area (Å²) in [5.74, 6) is 0.781. The van der Waals surface area contributed by atoms with Crippen LogP contribution in [-0.2, 0) is 16.0 Å². The van der Waals surface area contributed by atoms with Crippen molar-refractivity contribution in [2.75, 3.05) is 53.0 Å². The van der Waals surface area contributed by atoms with Crippen LogP contribution in [0.15, 0.2) is 18.2 Å². The second-order valence-corrected chi connectivity index (χ2v) is 7.17. The Labute approximate surface area is 149 Å². The van der Waals surface area contributed by atoms with E-state index in [2.05, 4.69) is 4.90 Å². The van der Waals surface area contributed by atoms with Crippen molar-refractivity contribution in [3.05, 3.63) is 29.3 Å². The normalized spacial score (nSPS) is 24.5. The number of amides is 1. The van der Waals surface area contributed by atoms with E-state index in [0.29, 0.717) is 45.7 Å². The van der Waals surface area contributed by atoms with E-state index in [9.17, 15) is 9.90 Å². The van der Waals surface area contributed by atoms with Gasteiger partial charge in [-0.3, -0.25) is 9.69 Å². The van der Waals surface area contributed by atoms with Crippen LogP contribution < -0.4 is 4.74 Å². The molecule has 1 N–H and O–H groups in total. The molecule has 2 fully saturated rings. The number of nitrogens with zero attached hydrogens (tertiary/aromatic N) is 2. The van der Waals surface area contributed by atoms with Gasteiger partial charge in [0, 0.05) is 31.7 Å². The molecule has 2 saturated heterocycles. The molecule has 0 radical (unpaired) electrons. The van der Waals surface area contributed by atoms with E-state index in [0.717, 1.165) is 30.0 Å². The topological polar surface area (TPSA) is 62.2 Å². The van der Waals surface area contributed by atoms with Crippen molar-refractivity contribution in [3.8, 4) is 5.75 Å². The highest BCUT2D eigenvalue weighted by Crippen LogP contribution is 2.26. The fourth-order valence-corrected chi connectivity index (χ4v) is 3.69. The van der Waals surface area contributed by atoms with Crippen LogP contribution in [0.5, 0.6) is 5.75 Å². The Morgan fingerprint density at radius 2 is 2.08 bits per heavy atom. The molecule has 2 aliphatic rings. The molecule has 138 valence electrons. The lowest BCUT2D eigenvalue weighted by atomic mass is 10.0. The van der Waals surface area contributed by atoms with Crippen LogP contribution in [0.1, 0.15) is 17.5 Å². The summed E-state index contributed by atoms with van der Waals surface area (Å²) < 4.78 is 10.7. The van der Waals surface area contributed by atoms with Crippen LogP contribution in [0.4, 0.5) is 0 Å². The number of methoxy groups -OCH3 is 1. The molecule has 0 aliphatic carbocycles. The molecule has 0 aromatic heterocycles. The second kappa shape index (κ2) is 7.72. The van der Waals surface area contributed by atoms with Crippen molar-refractivity contribution in [1.82, 2.24) is 9.80 Å². The number of carbonyl (C=O) groups excluding carboxylic acids is 1. The zero-order valence-electron chi connectivity index (χ0n) is 15.2. The van der Waals surface area contributed by atoms with Gasteiger partial charge in [-0.1, -0.05) is 17.7 Å². The minimum absolute atomic E-state index is 0.0433. The van der Waals surface area contributed by atoms with Crippen LogP contribution in [0.2, 0.25) is 0 Å². The lowest BCUT2D eigenvalue weighted by Gasteiger charge is -2.33. The summed E-state index contributed by atoms with van der Waals surface area (Å²) in [4.78, 5) is 16.7. The molecule has 0 spiro atoms. The first-order chi connectivity index (χ1) is 12.0. The van der Waals surface area contributed by atoms with Gasteiger partial charge in [0.25, 0.3) is 0 Å². The summed E-state index contributed by atoms with van der Waals surface area (Å²) >= 11 is 0. The van der Waals surface area contributed by atoms with E-state index in [4.69, 9.17) is 9.47 Å². The number of β-amino-alcohol motifs (C(OH)–C–C–N with tert-alkyl or cyclic N) is 1. The van der Waals surface area contributed by atoms with E-state index in [1.54, 1.807) is 12.0 Å². The highest BCUT2D eigenvalue weighted by Gasteiger charge is 2.39. The molecule has 1 atom stereocenters. The second-order valence-electron chi connectivity index (χ2n) is 7.17. The molecule has 25 heavy (non-hydrogen) atoms. The summed E-state index contributed by atoms with van der Waals surface area (Å²) in [6, 6.07) is 5.87. The van der Waals surface area contributed by atoms with Crippen molar-refractivity contribution in [3.63, 3.8) is 0 Å². The Hall–Kier alpha value is -1.63. The van der Waals surface area contributed by atoms with E-state index >= 15 is 0 Å². The number of likely N-dealkylation sites (tertiary alicyclic amines) is 1. The molecule has 3 rings (SSSR count). The molecule has 6 nitrogen and oxygen atoms in total. The molecule has 1 aromatic carbocycles. The number of aliphatic hydroxyl groups is 1. The van der Waals surface area contributed by atoms with E-state index in [-0.39, 0.29) is 5.91 Å². The number of benzene rings is 1. The maximum absolute atomic E-state index is 12.7. The number of ether oxygens (including phenoxy) is 2. The maximum atomic E-state index is 12.7. The van der Waals surface area contributed by atoms with Crippen LogP contribution in [-0.4, -0.2) is 79.5 Å². The minimum atomic E-state index is -0.816. The van der Waals surface area contributed by atoms with Gasteiger partial charge in [-0.15, -0.1) is 0 Å². The number of morpholine rings is 1. The number of rotatable bonds is 5. The van der Waals surface area contributed by atoms with E-state index in [1.807, 2.05) is 25.1 Å². The van der Waals surface area contributed by atoms with Crippen molar-refractivity contribution < 1.29 is 19.4 Å². The highest BCUT2D eigenvalue weighted by atomic mass is 16.5. The monoisotopic (exact) mass is 348 g/mol. The maximum Gasteiger partial charge on any atom is 0.227 e. The number of hydrogen-bond acceptors (Lipinski definition) is 5. The van der Waals surface area contributed by atoms with Crippen LogP contribution >= 0.6 is 0 Å². The van der Waals surface area contributed by atoms with Gasteiger partial charge in [0.15, 0.2) is 0 Å². The molecule has 6 heteroatoms. The predicted octanol–water partition coefficient (Wildman–Crippen LogP) is 0.842. The molecule has 1 aromatic rings. The third-order valence-electron chi connectivity index (χ3n) is 5.08. The zero-order chi connectivity index (χ0) is 17.9. The quantitative estimate of drug-likeness (QED) is 0.854. The molecule has 2 heterocycles. The largest absolute Gasteiger partial charge is 0.496 e. The average molecular weight is 348 g/mol. The van der Waals surface area contributed by atoms with Crippen molar-refractivity contribution in [1.29, 1.82) is 0 Å². The molecule has 0 saturated carbocycles. The number of hydrogen-bond donors (Lipinski definition) is 1. The van der Waals surface area contributed by atoms with Gasteiger partial charge in [-0.2, -0.15) is 0 Å². The minimum Gasteiger partial charge on any atom is -0.496 e. The summed E-state index contributed by atoms with van der Waals surface area (Å²) in [6.07, 6.45) is 0.930. The Morgan fingerprint density at radius 1 is 1.32 bits per heavy atom. The third-order valence-corrected chi connectivity index (χ3v) is 5.08. The Balaban J connectivity index is 1.59. The van der Waals surface area contributed by atoms with E-state index in [1.165, 1.54) is 0 Å². The molecule has 2 aliphatic heterocycles. The standard InChI is InChI=1S/C19H28N2O4/c1-15-3-4-17(24-2)16(11-15)12-18(22)21-6-5-19(23,14-21)13-20-7-9-25-10-8-20/h3-4,11,23H,5-10,12-14H2,1-2H3/t19-/m1/s1. The van der Waals surface area contributed by atoms with Crippen molar-refractivity contribution in [2.45, 2.75) is 25.4 Å². The van der Waals surface area contributed by atoms with Crippen molar-refractivity contribution in [2.24, 2.45) is 0 Å². The molecule has 0 bridgehead atoms. The average Bonchev–Trinajstić information content (AvgIpc) is 2.98. The Kier molecular flexibility index (Phi) is 5.61. The number of aryl methyl sites for hydroxylation is 1. The third kappa shape index (κ3) is 4.51. The summed E-state index contributed by atoms with van der Waals surface area (Å²) in [5, 5.41) is 10.9. The lowest BCUT2D eigenvalue weighted by Crippen LogP contribution is -2.49. The summed E-state index contributed by atoms with van der Waals surface area (Å²) in [6.45, 7) is 6.73. The van der Waals surface area contributed by atoms with E-state index < -0.39 is 5.60 Å². The molecule has 0 unspecified atom stereocenters. The first kappa shape index (κ1) is 18.2. The molecular weight excluding hydrogens is 320 g/mol. The van der Waals surface area contributed by atoms with Gasteiger partial charge in [0.05, 0.1) is 38.9 Å². The van der Waals surface area contributed by atoms with Crippen molar-refractivity contribution >= 4 is 5.91 Å². The number of carbonyl (C=O) groups is 1. The van der Waals surface area contributed by atoms with Crippen LogP contribution in [0.3, 0.4) is 0 Å². The van der Waals surface area contributed by atoms with Gasteiger partial charge in [-0.25, -0.2) is 0 Å². The van der Waals surface area contributed by atoms with Gasteiger partial charge >= 0.3 is 0 Å². The first-order valence-electron chi connectivity index (χ1n) is 8.93. The molecule has 1 amide bonds. The van der Waals surface area contributed by atoms with Gasteiger partial charge in [0.1, 0.15) is 5.75 Å². The van der Waals surface area contributed by atoms with Gasteiger partial charge < -0.3 is 19.5 Å². The van der Waals surface area contributed by atoms with Crippen LogP contribution in [0, 0.1) is 6.92 Å².